The lowest BCUT2D eigenvalue weighted by Crippen LogP contribution is -3.00. The van der Waals surface area contributed by atoms with Gasteiger partial charge in [0.2, 0.25) is 0 Å². The molecule has 0 spiro atoms. The molecule has 0 aromatic carbocycles. The number of unbranched alkanes of at least 4 members (excludes halogenated alkanes) is 6. The summed E-state index contributed by atoms with van der Waals surface area (Å²) in [5, 5.41) is 0. The van der Waals surface area contributed by atoms with E-state index >= 15 is 0 Å². The summed E-state index contributed by atoms with van der Waals surface area (Å²) in [6.07, 6.45) is 8.56. The van der Waals surface area contributed by atoms with Crippen LogP contribution in [0.1, 0.15) is 64.7 Å². The molecule has 0 bridgehead atoms. The fourth-order valence-electron chi connectivity index (χ4n) is 2.87. The number of likely N-dealkylation sites (tertiary alicyclic amines) is 1. The molecule has 1 fully saturated rings. The maximum atomic E-state index is 12.3. The molecule has 1 amide bonds. The maximum absolute atomic E-state index is 12.3. The number of esters is 1. The third-order valence-corrected chi connectivity index (χ3v) is 4.45. The molecule has 0 aliphatic carbocycles. The second-order valence-corrected chi connectivity index (χ2v) is 8.20. The first-order chi connectivity index (χ1) is 12.3. The Morgan fingerprint density at radius 1 is 1.11 bits per heavy atom. The van der Waals surface area contributed by atoms with Crippen molar-refractivity contribution in [3.63, 3.8) is 0 Å². The van der Waals surface area contributed by atoms with Crippen LogP contribution in [0.15, 0.2) is 0 Å². The highest BCUT2D eigenvalue weighted by Crippen LogP contribution is 2.16. The third kappa shape index (κ3) is 12.3. The molecule has 1 aliphatic heterocycles. The Balaban J connectivity index is 0.00000676. The summed E-state index contributed by atoms with van der Waals surface area (Å²) < 4.78 is 6.16. The van der Waals surface area contributed by atoms with Crippen LogP contribution >= 0.6 is 0 Å². The van der Waals surface area contributed by atoms with Crippen molar-refractivity contribution in [3.05, 3.63) is 0 Å². The van der Waals surface area contributed by atoms with Crippen LogP contribution in [0.3, 0.4) is 0 Å². The Hall–Kier alpha value is -0.810. The number of quaternary nitrogens is 1. The minimum atomic E-state index is -0.604. The van der Waals surface area contributed by atoms with Gasteiger partial charge in [0.15, 0.2) is 6.10 Å². The molecule has 0 aromatic heterocycles. The van der Waals surface area contributed by atoms with Gasteiger partial charge in [0, 0.05) is 19.4 Å². The number of amides is 1. The van der Waals surface area contributed by atoms with E-state index in [9.17, 15) is 9.59 Å². The van der Waals surface area contributed by atoms with Crippen LogP contribution in [0.25, 0.3) is 0 Å². The van der Waals surface area contributed by atoms with Gasteiger partial charge in [-0.1, -0.05) is 51.4 Å². The van der Waals surface area contributed by atoms with Gasteiger partial charge in [0.1, 0.15) is 6.54 Å². The zero-order chi connectivity index (χ0) is 19.4. The van der Waals surface area contributed by atoms with Crippen molar-refractivity contribution in [1.29, 1.82) is 0 Å². The predicted octanol–water partition coefficient (Wildman–Crippen LogP) is -0.0152. The Morgan fingerprint density at radius 2 is 1.74 bits per heavy atom. The van der Waals surface area contributed by atoms with Crippen LogP contribution in [-0.2, 0) is 14.3 Å². The van der Waals surface area contributed by atoms with Gasteiger partial charge in [0.05, 0.1) is 27.7 Å². The molecule has 6 heteroatoms. The van der Waals surface area contributed by atoms with Crippen LogP contribution in [0.5, 0.6) is 0 Å². The molecule has 1 aliphatic rings. The first-order valence-electron chi connectivity index (χ1n) is 10.1. The number of carbonyl (C=O) groups excluding carboxylic acids is 2. The summed E-state index contributed by atoms with van der Waals surface area (Å²) in [5.41, 5.74) is 0. The summed E-state index contributed by atoms with van der Waals surface area (Å²) in [4.78, 5) is 25.9. The second-order valence-electron chi connectivity index (χ2n) is 8.20. The van der Waals surface area contributed by atoms with E-state index in [1.165, 1.54) is 32.1 Å². The molecule has 1 saturated heterocycles. The highest BCUT2D eigenvalue weighted by molar-refractivity contribution is 5.85. The molecule has 1 atom stereocenters. The lowest BCUT2D eigenvalue weighted by Gasteiger charge is -2.20. The molecular weight excluding hydrogens is 455 g/mol. The summed E-state index contributed by atoms with van der Waals surface area (Å²) in [7, 11) is 6.24. The summed E-state index contributed by atoms with van der Waals surface area (Å²) in [6, 6.07) is 0. The Bertz CT molecular complexity index is 506. The van der Waals surface area contributed by atoms with E-state index in [1.807, 2.05) is 0 Å². The van der Waals surface area contributed by atoms with Crippen LogP contribution in [0.2, 0.25) is 0 Å². The highest BCUT2D eigenvalue weighted by Gasteiger charge is 2.33. The van der Waals surface area contributed by atoms with Gasteiger partial charge in [-0.15, -0.1) is 0 Å². The second kappa shape index (κ2) is 14.2. The van der Waals surface area contributed by atoms with Gasteiger partial charge >= 0.3 is 5.97 Å². The van der Waals surface area contributed by atoms with Crippen LogP contribution in [-0.4, -0.2) is 68.1 Å². The van der Waals surface area contributed by atoms with Gasteiger partial charge in [-0.2, -0.15) is 0 Å². The monoisotopic (exact) mass is 492 g/mol. The van der Waals surface area contributed by atoms with Crippen molar-refractivity contribution in [2.75, 3.05) is 40.8 Å². The average molecular weight is 492 g/mol. The number of hydrogen-bond donors (Lipinski definition) is 0. The maximum Gasteiger partial charge on any atom is 0.306 e. The van der Waals surface area contributed by atoms with Crippen molar-refractivity contribution in [2.24, 2.45) is 0 Å². The van der Waals surface area contributed by atoms with E-state index in [1.54, 1.807) is 4.90 Å². The van der Waals surface area contributed by atoms with Crippen molar-refractivity contribution in [3.8, 4) is 11.8 Å². The van der Waals surface area contributed by atoms with E-state index in [0.29, 0.717) is 25.9 Å². The molecule has 0 saturated carbocycles. The lowest BCUT2D eigenvalue weighted by molar-refractivity contribution is -0.862. The van der Waals surface area contributed by atoms with Crippen LogP contribution in [0.4, 0.5) is 0 Å². The molecule has 5 nitrogen and oxygen atoms in total. The molecule has 0 radical (unpaired) electrons. The van der Waals surface area contributed by atoms with Gasteiger partial charge < -0.3 is 38.1 Å². The minimum Gasteiger partial charge on any atom is -1.00 e. The first kappa shape index (κ1) is 26.2. The smallest absolute Gasteiger partial charge is 0.306 e. The Labute approximate surface area is 182 Å². The molecule has 0 unspecified atom stereocenters. The fourth-order valence-corrected chi connectivity index (χ4v) is 2.87. The molecule has 1 heterocycles. The normalized spacial score (nSPS) is 16.5. The zero-order valence-electron chi connectivity index (χ0n) is 17.6. The first-order valence-corrected chi connectivity index (χ1v) is 10.1. The minimum absolute atomic E-state index is 0. The number of hydrogen-bond acceptors (Lipinski definition) is 3. The molecule has 27 heavy (non-hydrogen) atoms. The molecule has 1 rings (SSSR count). The zero-order valence-corrected chi connectivity index (χ0v) is 19.7. The van der Waals surface area contributed by atoms with Gasteiger partial charge in [-0.25, -0.2) is 0 Å². The number of halogens is 1. The largest absolute Gasteiger partial charge is 1.00 e. The quantitative estimate of drug-likeness (QED) is 0.134. The van der Waals surface area contributed by atoms with Gasteiger partial charge in [-0.3, -0.25) is 9.59 Å². The molecule has 0 aromatic rings. The lowest BCUT2D eigenvalue weighted by atomic mass is 10.1. The standard InChI is InChI=1S/C21H37N2O3.HI/c1-5-6-7-8-9-10-11-14-20(24)26-19-15-17-22(21(19)25)16-12-13-18-23(2,3)4;/h19H,5-11,14-18H2,1-4H3;1H/q+1;/p-1/t19-;/m0./s1. The van der Waals surface area contributed by atoms with Gasteiger partial charge in [-0.05, 0) is 12.3 Å². The molecule has 156 valence electrons. The van der Waals surface area contributed by atoms with Crippen LogP contribution in [0, 0.1) is 11.8 Å². The van der Waals surface area contributed by atoms with E-state index in [0.717, 1.165) is 23.9 Å². The SMILES string of the molecule is CCCCCCCCCC(=O)O[C@H]1CCN(CC#CC[N+](C)(C)C)C1=O.[I-]. The third-order valence-electron chi connectivity index (χ3n) is 4.45. The summed E-state index contributed by atoms with van der Waals surface area (Å²) in [6.45, 7) is 4.00. The van der Waals surface area contributed by atoms with Crippen LogP contribution < -0.4 is 24.0 Å². The van der Waals surface area contributed by atoms with E-state index in [-0.39, 0.29) is 35.9 Å². The number of rotatable bonds is 11. The number of nitrogens with zero attached hydrogens (tertiary/aromatic N) is 2. The van der Waals surface area contributed by atoms with E-state index in [4.69, 9.17) is 4.74 Å². The van der Waals surface area contributed by atoms with Gasteiger partial charge in [0.25, 0.3) is 5.91 Å². The average Bonchev–Trinajstić information content (AvgIpc) is 2.90. The van der Waals surface area contributed by atoms with Crippen molar-refractivity contribution >= 4 is 11.9 Å². The molecule has 0 N–H and O–H groups in total. The van der Waals surface area contributed by atoms with E-state index < -0.39 is 6.10 Å². The van der Waals surface area contributed by atoms with E-state index in [2.05, 4.69) is 39.9 Å². The number of carbonyl (C=O) groups is 2. The summed E-state index contributed by atoms with van der Waals surface area (Å²) >= 11 is 0. The summed E-state index contributed by atoms with van der Waals surface area (Å²) in [5.74, 6) is 5.81. The topological polar surface area (TPSA) is 46.6 Å². The fraction of sp³-hybridized carbons (Fsp3) is 0.810. The molecular formula is C21H37IN2O3. The van der Waals surface area contributed by atoms with Crippen molar-refractivity contribution < 1.29 is 42.8 Å². The Kier molecular flexibility index (Phi) is 13.8. The predicted molar refractivity (Wildman–Crippen MR) is 104 cm³/mol. The number of ether oxygens (including phenoxy) is 1. The highest BCUT2D eigenvalue weighted by atomic mass is 127. The van der Waals surface area contributed by atoms with Crippen molar-refractivity contribution in [2.45, 2.75) is 70.8 Å². The van der Waals surface area contributed by atoms with Crippen molar-refractivity contribution in [1.82, 2.24) is 4.90 Å². The Morgan fingerprint density at radius 3 is 2.37 bits per heavy atom.